The maximum atomic E-state index is 11.3. The number of nitro benzene ring substituents is 1. The summed E-state index contributed by atoms with van der Waals surface area (Å²) in [4.78, 5) is 22.2. The molecule has 0 aliphatic rings. The summed E-state index contributed by atoms with van der Waals surface area (Å²) in [6.07, 6.45) is 0.679. The molecule has 0 aliphatic carbocycles. The molecule has 0 N–H and O–H groups in total. The molecule has 0 unspecified atom stereocenters. The number of hydrogen-bond acceptors (Lipinski definition) is 3. The zero-order chi connectivity index (χ0) is 14.6. The molecule has 4 nitrogen and oxygen atoms in total. The predicted octanol–water partition coefficient (Wildman–Crippen LogP) is 4.30. The Balaban J connectivity index is 2.40. The van der Waals surface area contributed by atoms with Crippen LogP contribution >= 0.6 is 0 Å². The number of non-ortho nitro benzene ring substituents is 1. The number of benzene rings is 4. The first-order chi connectivity index (χ1) is 10.2. The Bertz CT molecular complexity index is 1020. The molecule has 4 rings (SSSR count). The Morgan fingerprint density at radius 2 is 1.57 bits per heavy atom. The number of rotatable bonds is 2. The highest BCUT2D eigenvalue weighted by Crippen LogP contribution is 2.39. The topological polar surface area (TPSA) is 60.2 Å². The van der Waals surface area contributed by atoms with Crippen LogP contribution in [0.15, 0.2) is 48.5 Å². The van der Waals surface area contributed by atoms with Crippen molar-refractivity contribution in [1.29, 1.82) is 0 Å². The van der Waals surface area contributed by atoms with Crippen LogP contribution in [0.25, 0.3) is 32.3 Å². The molecule has 4 aromatic carbocycles. The third-order valence-electron chi connectivity index (χ3n) is 3.98. The zero-order valence-corrected chi connectivity index (χ0v) is 10.9. The molecule has 0 aliphatic heterocycles. The van der Waals surface area contributed by atoms with E-state index in [1.165, 1.54) is 6.07 Å². The first-order valence-electron chi connectivity index (χ1n) is 6.51. The second-order valence-electron chi connectivity index (χ2n) is 5.04. The smallest absolute Gasteiger partial charge is 0.277 e. The summed E-state index contributed by atoms with van der Waals surface area (Å²) < 4.78 is 0. The zero-order valence-electron chi connectivity index (χ0n) is 10.9. The van der Waals surface area contributed by atoms with E-state index < -0.39 is 4.92 Å². The van der Waals surface area contributed by atoms with Crippen molar-refractivity contribution in [2.24, 2.45) is 0 Å². The second-order valence-corrected chi connectivity index (χ2v) is 5.04. The molecule has 0 aromatic heterocycles. The number of aldehydes is 1. The highest BCUT2D eigenvalue weighted by molar-refractivity contribution is 6.26. The van der Waals surface area contributed by atoms with Crippen LogP contribution in [0.2, 0.25) is 0 Å². The van der Waals surface area contributed by atoms with Crippen LogP contribution in [0.4, 0.5) is 5.69 Å². The molecule has 0 spiro atoms. The summed E-state index contributed by atoms with van der Waals surface area (Å²) in [5, 5.41) is 16.4. The minimum atomic E-state index is -0.432. The summed E-state index contributed by atoms with van der Waals surface area (Å²) in [6.45, 7) is 0. The van der Waals surface area contributed by atoms with Crippen LogP contribution in [-0.4, -0.2) is 11.2 Å². The van der Waals surface area contributed by atoms with Gasteiger partial charge in [-0.15, -0.1) is 0 Å². The van der Waals surface area contributed by atoms with Crippen LogP contribution < -0.4 is 0 Å². The van der Waals surface area contributed by atoms with Crippen molar-refractivity contribution in [2.45, 2.75) is 0 Å². The molecule has 4 heteroatoms. The minimum Gasteiger partial charge on any atom is -0.298 e. The standard InChI is InChI=1S/C17H9NO3/c19-9-12-8-15(18(20)21)14-7-5-11-3-1-2-10-4-6-13(12)17(14)16(10)11/h1-9H. The highest BCUT2D eigenvalue weighted by Gasteiger charge is 2.19. The van der Waals surface area contributed by atoms with Crippen LogP contribution in [-0.2, 0) is 0 Å². The van der Waals surface area contributed by atoms with E-state index >= 15 is 0 Å². The van der Waals surface area contributed by atoms with E-state index in [-0.39, 0.29) is 5.69 Å². The third-order valence-corrected chi connectivity index (χ3v) is 3.98. The van der Waals surface area contributed by atoms with E-state index in [1.807, 2.05) is 36.4 Å². The lowest BCUT2D eigenvalue weighted by Crippen LogP contribution is -1.95. The minimum absolute atomic E-state index is 0.0251. The number of nitro groups is 1. The fraction of sp³-hybridized carbons (Fsp3) is 0. The molecule has 0 atom stereocenters. The van der Waals surface area contributed by atoms with Crippen molar-refractivity contribution >= 4 is 44.3 Å². The van der Waals surface area contributed by atoms with E-state index in [9.17, 15) is 14.9 Å². The van der Waals surface area contributed by atoms with Crippen molar-refractivity contribution in [1.82, 2.24) is 0 Å². The van der Waals surface area contributed by atoms with Crippen LogP contribution in [0.5, 0.6) is 0 Å². The average Bonchev–Trinajstić information content (AvgIpc) is 2.51. The molecule has 0 fully saturated rings. The van der Waals surface area contributed by atoms with Crippen molar-refractivity contribution in [3.63, 3.8) is 0 Å². The van der Waals surface area contributed by atoms with Gasteiger partial charge in [-0.1, -0.05) is 36.4 Å². The van der Waals surface area contributed by atoms with Crippen molar-refractivity contribution < 1.29 is 9.72 Å². The fourth-order valence-corrected chi connectivity index (χ4v) is 3.09. The Kier molecular flexibility index (Phi) is 2.24. The Morgan fingerprint density at radius 1 is 0.905 bits per heavy atom. The predicted molar refractivity (Wildman–Crippen MR) is 82.2 cm³/mol. The molecular weight excluding hydrogens is 266 g/mol. The van der Waals surface area contributed by atoms with E-state index in [2.05, 4.69) is 0 Å². The molecule has 0 saturated carbocycles. The van der Waals surface area contributed by atoms with Gasteiger partial charge in [0, 0.05) is 17.0 Å². The molecule has 0 saturated heterocycles. The van der Waals surface area contributed by atoms with Crippen molar-refractivity contribution in [2.75, 3.05) is 0 Å². The van der Waals surface area contributed by atoms with E-state index in [0.717, 1.165) is 26.9 Å². The second kappa shape index (κ2) is 3.99. The fourth-order valence-electron chi connectivity index (χ4n) is 3.09. The van der Waals surface area contributed by atoms with Crippen LogP contribution in [0.3, 0.4) is 0 Å². The van der Waals surface area contributed by atoms with Crippen LogP contribution in [0, 0.1) is 10.1 Å². The van der Waals surface area contributed by atoms with Gasteiger partial charge in [-0.2, -0.15) is 0 Å². The van der Waals surface area contributed by atoms with Gasteiger partial charge in [-0.25, -0.2) is 0 Å². The van der Waals surface area contributed by atoms with Gasteiger partial charge in [0.1, 0.15) is 0 Å². The molecule has 4 aromatic rings. The molecule has 21 heavy (non-hydrogen) atoms. The maximum Gasteiger partial charge on any atom is 0.277 e. The SMILES string of the molecule is O=Cc1cc([N+](=O)[O-])c2ccc3cccc4ccc1c2c43. The molecule has 100 valence electrons. The lowest BCUT2D eigenvalue weighted by atomic mass is 9.91. The van der Waals surface area contributed by atoms with Gasteiger partial charge in [0.2, 0.25) is 0 Å². The van der Waals surface area contributed by atoms with Crippen LogP contribution in [0.1, 0.15) is 10.4 Å². The van der Waals surface area contributed by atoms with E-state index in [0.29, 0.717) is 17.2 Å². The molecule has 0 heterocycles. The van der Waals surface area contributed by atoms with Gasteiger partial charge >= 0.3 is 0 Å². The summed E-state index contributed by atoms with van der Waals surface area (Å²) in [6, 6.07) is 14.7. The number of carbonyl (C=O) groups excluding carboxylic acids is 1. The summed E-state index contributed by atoms with van der Waals surface area (Å²) >= 11 is 0. The Morgan fingerprint density at radius 3 is 2.19 bits per heavy atom. The van der Waals surface area contributed by atoms with Gasteiger partial charge in [0.25, 0.3) is 5.69 Å². The van der Waals surface area contributed by atoms with Crippen molar-refractivity contribution in [3.05, 3.63) is 64.2 Å². The number of carbonyl (C=O) groups is 1. The monoisotopic (exact) mass is 275 g/mol. The third kappa shape index (κ3) is 1.47. The van der Waals surface area contributed by atoms with Gasteiger partial charge in [-0.05, 0) is 27.6 Å². The van der Waals surface area contributed by atoms with Gasteiger partial charge in [-0.3, -0.25) is 14.9 Å². The number of nitrogens with zero attached hydrogens (tertiary/aromatic N) is 1. The summed E-state index contributed by atoms with van der Waals surface area (Å²) in [7, 11) is 0. The summed E-state index contributed by atoms with van der Waals surface area (Å²) in [5.41, 5.74) is 0.329. The molecule has 0 bridgehead atoms. The Hall–Kier alpha value is -3.01. The summed E-state index contributed by atoms with van der Waals surface area (Å²) in [5.74, 6) is 0. The number of hydrogen-bond donors (Lipinski definition) is 0. The van der Waals surface area contributed by atoms with Gasteiger partial charge < -0.3 is 0 Å². The average molecular weight is 275 g/mol. The first kappa shape index (κ1) is 11.8. The lowest BCUT2D eigenvalue weighted by molar-refractivity contribution is -0.383. The quantitative estimate of drug-likeness (QED) is 0.237. The van der Waals surface area contributed by atoms with E-state index in [4.69, 9.17) is 0 Å². The van der Waals surface area contributed by atoms with Crippen molar-refractivity contribution in [3.8, 4) is 0 Å². The maximum absolute atomic E-state index is 11.3. The van der Waals surface area contributed by atoms with Gasteiger partial charge in [0.15, 0.2) is 6.29 Å². The molecule has 0 amide bonds. The largest absolute Gasteiger partial charge is 0.298 e. The molecule has 0 radical (unpaired) electrons. The highest BCUT2D eigenvalue weighted by atomic mass is 16.6. The van der Waals surface area contributed by atoms with E-state index in [1.54, 1.807) is 6.07 Å². The lowest BCUT2D eigenvalue weighted by Gasteiger charge is -2.12. The normalized spacial score (nSPS) is 11.4. The first-order valence-corrected chi connectivity index (χ1v) is 6.51. The Labute approximate surface area is 119 Å². The van der Waals surface area contributed by atoms with Gasteiger partial charge in [0.05, 0.1) is 10.3 Å². The molecular formula is C17H9NO3.